The zero-order valence-corrected chi connectivity index (χ0v) is 9.01. The summed E-state index contributed by atoms with van der Waals surface area (Å²) in [6.45, 7) is 2.14. The molecule has 0 spiro atoms. The number of aliphatic hydroxyl groups excluding tert-OH is 1. The van der Waals surface area contributed by atoms with E-state index in [1.54, 1.807) is 0 Å². The Balaban J connectivity index is 0. The van der Waals surface area contributed by atoms with Crippen LogP contribution in [0.15, 0.2) is 5.38 Å². The van der Waals surface area contributed by atoms with Gasteiger partial charge in [-0.2, -0.15) is 0 Å². The maximum absolute atomic E-state index is 9.16. The third-order valence-electron chi connectivity index (χ3n) is 1.20. The fourth-order valence-corrected chi connectivity index (χ4v) is 1.31. The van der Waals surface area contributed by atoms with Crippen LogP contribution in [0.25, 0.3) is 0 Å². The summed E-state index contributed by atoms with van der Waals surface area (Å²) in [4.78, 5) is 4.07. The van der Waals surface area contributed by atoms with Gasteiger partial charge in [-0.05, 0) is 6.92 Å². The molecule has 6 heteroatoms. The molecule has 72 valence electrons. The van der Waals surface area contributed by atoms with Crippen LogP contribution in [0.4, 0.5) is 0 Å². The zero-order chi connectivity index (χ0) is 7.56. The van der Waals surface area contributed by atoms with Crippen molar-refractivity contribution in [2.75, 3.05) is 6.54 Å². The van der Waals surface area contributed by atoms with Gasteiger partial charge in [0.15, 0.2) is 0 Å². The third kappa shape index (κ3) is 3.69. The number of aromatic nitrogens is 1. The number of halogens is 2. The molecule has 12 heavy (non-hydrogen) atoms. The van der Waals surface area contributed by atoms with Crippen LogP contribution in [0.5, 0.6) is 0 Å². The highest BCUT2D eigenvalue weighted by Gasteiger charge is 2.07. The Bertz CT molecular complexity index is 219. The molecule has 0 saturated carbocycles. The monoisotopic (exact) mass is 230 g/mol. The van der Waals surface area contributed by atoms with E-state index >= 15 is 0 Å². The van der Waals surface area contributed by atoms with Gasteiger partial charge in [0.1, 0.15) is 6.10 Å². The summed E-state index contributed by atoms with van der Waals surface area (Å²) in [5, 5.41) is 11.9. The number of aryl methyl sites for hydroxylation is 1. The van der Waals surface area contributed by atoms with Gasteiger partial charge in [0.2, 0.25) is 0 Å². The Labute approximate surface area is 87.8 Å². The second-order valence-electron chi connectivity index (χ2n) is 2.04. The standard InChI is InChI=1S/C6H10N2OS.2ClH/c1-4-8-5(3-10-4)6(9)2-7;;/h3,6,9H,2,7H2,1H3;2*1H. The molecule has 1 atom stereocenters. The van der Waals surface area contributed by atoms with Gasteiger partial charge in [-0.15, -0.1) is 36.2 Å². The van der Waals surface area contributed by atoms with E-state index in [0.717, 1.165) is 5.01 Å². The maximum atomic E-state index is 9.16. The molecule has 1 aromatic heterocycles. The molecule has 0 radical (unpaired) electrons. The lowest BCUT2D eigenvalue weighted by Crippen LogP contribution is -2.11. The second-order valence-corrected chi connectivity index (χ2v) is 3.11. The first kappa shape index (κ1) is 14.6. The topological polar surface area (TPSA) is 59.1 Å². The van der Waals surface area contributed by atoms with Gasteiger partial charge in [0.25, 0.3) is 0 Å². The van der Waals surface area contributed by atoms with Crippen LogP contribution in [-0.2, 0) is 0 Å². The van der Waals surface area contributed by atoms with E-state index in [0.29, 0.717) is 5.69 Å². The molecule has 1 rings (SSSR count). The van der Waals surface area contributed by atoms with Gasteiger partial charge in [-0.25, -0.2) is 4.98 Å². The van der Waals surface area contributed by atoms with E-state index < -0.39 is 6.10 Å². The van der Waals surface area contributed by atoms with Crippen molar-refractivity contribution in [2.24, 2.45) is 5.73 Å². The number of hydrogen-bond acceptors (Lipinski definition) is 4. The Morgan fingerprint density at radius 3 is 2.58 bits per heavy atom. The van der Waals surface area contributed by atoms with Gasteiger partial charge in [0, 0.05) is 11.9 Å². The highest BCUT2D eigenvalue weighted by molar-refractivity contribution is 7.09. The predicted molar refractivity (Wildman–Crippen MR) is 55.4 cm³/mol. The van der Waals surface area contributed by atoms with Crippen LogP contribution in [0, 0.1) is 6.92 Å². The van der Waals surface area contributed by atoms with Gasteiger partial charge in [-0.1, -0.05) is 0 Å². The molecule has 1 aromatic rings. The van der Waals surface area contributed by atoms with Crippen molar-refractivity contribution in [1.29, 1.82) is 0 Å². The molecule has 0 saturated heterocycles. The summed E-state index contributed by atoms with van der Waals surface area (Å²) in [6.07, 6.45) is -0.593. The molecule has 1 unspecified atom stereocenters. The number of nitrogens with two attached hydrogens (primary N) is 1. The van der Waals surface area contributed by atoms with Crippen LogP contribution in [0.1, 0.15) is 16.8 Å². The largest absolute Gasteiger partial charge is 0.385 e. The molecule has 0 aliphatic heterocycles. The SMILES string of the molecule is Cc1nc(C(O)CN)cs1.Cl.Cl. The average Bonchev–Trinajstić information content (AvgIpc) is 2.34. The molecule has 0 aromatic carbocycles. The van der Waals surface area contributed by atoms with Crippen molar-refractivity contribution >= 4 is 36.2 Å². The summed E-state index contributed by atoms with van der Waals surface area (Å²) in [6, 6.07) is 0. The fraction of sp³-hybridized carbons (Fsp3) is 0.500. The third-order valence-corrected chi connectivity index (χ3v) is 1.99. The molecule has 0 amide bonds. The molecule has 0 aliphatic rings. The summed E-state index contributed by atoms with van der Waals surface area (Å²) < 4.78 is 0. The predicted octanol–water partition coefficient (Wildman–Crippen LogP) is 1.29. The van der Waals surface area contributed by atoms with E-state index in [1.165, 1.54) is 11.3 Å². The maximum Gasteiger partial charge on any atom is 0.109 e. The quantitative estimate of drug-likeness (QED) is 0.806. The normalized spacial score (nSPS) is 11.2. The fourth-order valence-electron chi connectivity index (χ4n) is 0.654. The van der Waals surface area contributed by atoms with Crippen molar-refractivity contribution < 1.29 is 5.11 Å². The van der Waals surface area contributed by atoms with Gasteiger partial charge in [-0.3, -0.25) is 0 Å². The molecule has 1 heterocycles. The van der Waals surface area contributed by atoms with Gasteiger partial charge >= 0.3 is 0 Å². The lowest BCUT2D eigenvalue weighted by Gasteiger charge is -2.00. The van der Waals surface area contributed by atoms with Crippen molar-refractivity contribution in [3.8, 4) is 0 Å². The van der Waals surface area contributed by atoms with Crippen LogP contribution in [0.3, 0.4) is 0 Å². The average molecular weight is 231 g/mol. The molecule has 0 bridgehead atoms. The van der Waals surface area contributed by atoms with E-state index in [4.69, 9.17) is 10.8 Å². The summed E-state index contributed by atoms with van der Waals surface area (Å²) in [7, 11) is 0. The lowest BCUT2D eigenvalue weighted by atomic mass is 10.3. The minimum Gasteiger partial charge on any atom is -0.385 e. The Morgan fingerprint density at radius 2 is 2.25 bits per heavy atom. The first-order valence-corrected chi connectivity index (χ1v) is 3.92. The number of rotatable bonds is 2. The van der Waals surface area contributed by atoms with Gasteiger partial charge in [0.05, 0.1) is 10.7 Å². The summed E-state index contributed by atoms with van der Waals surface area (Å²) >= 11 is 1.52. The van der Waals surface area contributed by atoms with E-state index in [1.807, 2.05) is 12.3 Å². The zero-order valence-electron chi connectivity index (χ0n) is 6.56. The van der Waals surface area contributed by atoms with Crippen LogP contribution < -0.4 is 5.73 Å². The number of aliphatic hydroxyl groups is 1. The first-order valence-electron chi connectivity index (χ1n) is 3.04. The number of hydrogen-bond donors (Lipinski definition) is 2. The smallest absolute Gasteiger partial charge is 0.109 e. The molecule has 3 nitrogen and oxygen atoms in total. The van der Waals surface area contributed by atoms with Crippen LogP contribution in [0.2, 0.25) is 0 Å². The number of thiazole rings is 1. The number of nitrogens with zero attached hydrogens (tertiary/aromatic N) is 1. The molecular formula is C6H12Cl2N2OS. The van der Waals surface area contributed by atoms with E-state index in [-0.39, 0.29) is 31.4 Å². The van der Waals surface area contributed by atoms with Crippen molar-refractivity contribution in [3.05, 3.63) is 16.1 Å². The van der Waals surface area contributed by atoms with Crippen LogP contribution >= 0.6 is 36.2 Å². The molecule has 3 N–H and O–H groups in total. The summed E-state index contributed by atoms with van der Waals surface area (Å²) in [5.41, 5.74) is 5.91. The van der Waals surface area contributed by atoms with Crippen LogP contribution in [-0.4, -0.2) is 16.6 Å². The van der Waals surface area contributed by atoms with Crippen molar-refractivity contribution in [1.82, 2.24) is 4.98 Å². The van der Waals surface area contributed by atoms with Crippen molar-refractivity contribution in [2.45, 2.75) is 13.0 Å². The Kier molecular flexibility index (Phi) is 8.08. The van der Waals surface area contributed by atoms with Crippen molar-refractivity contribution in [3.63, 3.8) is 0 Å². The summed E-state index contributed by atoms with van der Waals surface area (Å²) in [5.74, 6) is 0. The minimum atomic E-state index is -0.593. The van der Waals surface area contributed by atoms with Gasteiger partial charge < -0.3 is 10.8 Å². The second kappa shape index (κ2) is 6.62. The molecule has 0 aliphatic carbocycles. The first-order chi connectivity index (χ1) is 4.74. The Hall–Kier alpha value is 0.130. The molecular weight excluding hydrogens is 219 g/mol. The van der Waals surface area contributed by atoms with E-state index in [9.17, 15) is 0 Å². The minimum absolute atomic E-state index is 0. The van der Waals surface area contributed by atoms with E-state index in [2.05, 4.69) is 4.98 Å². The Morgan fingerprint density at radius 1 is 1.67 bits per heavy atom. The highest BCUT2D eigenvalue weighted by atomic mass is 35.5. The molecule has 0 fully saturated rings. The lowest BCUT2D eigenvalue weighted by molar-refractivity contribution is 0.182. The highest BCUT2D eigenvalue weighted by Crippen LogP contribution is 2.14.